The monoisotopic (exact) mass is 184 g/mol. The van der Waals surface area contributed by atoms with Gasteiger partial charge in [0.25, 0.3) is 0 Å². The first kappa shape index (κ1) is 10.2. The van der Waals surface area contributed by atoms with Crippen LogP contribution in [0.4, 0.5) is 0 Å². The Kier molecular flexibility index (Phi) is 4.49. The number of aromatic nitrogens is 1. The number of nitrogens with one attached hydrogen (secondary N) is 1. The van der Waals surface area contributed by atoms with Gasteiger partial charge in [-0.1, -0.05) is 0 Å². The molecule has 0 bridgehead atoms. The lowest BCUT2D eigenvalue weighted by molar-refractivity contribution is 0.283. The van der Waals surface area contributed by atoms with Gasteiger partial charge in [0.2, 0.25) is 5.89 Å². The van der Waals surface area contributed by atoms with Crippen LogP contribution in [0.25, 0.3) is 0 Å². The summed E-state index contributed by atoms with van der Waals surface area (Å²) in [6.07, 6.45) is 3.54. The van der Waals surface area contributed by atoms with Crippen LogP contribution in [0.3, 0.4) is 0 Å². The van der Waals surface area contributed by atoms with Gasteiger partial charge in [0.1, 0.15) is 5.76 Å². The van der Waals surface area contributed by atoms with Crippen molar-refractivity contribution in [2.24, 2.45) is 0 Å². The van der Waals surface area contributed by atoms with E-state index in [1.807, 2.05) is 6.92 Å². The minimum atomic E-state index is 0.264. The first-order chi connectivity index (χ1) is 6.33. The molecule has 0 saturated carbocycles. The molecule has 0 atom stereocenters. The van der Waals surface area contributed by atoms with Crippen molar-refractivity contribution in [1.29, 1.82) is 0 Å². The van der Waals surface area contributed by atoms with Crippen LogP contribution >= 0.6 is 0 Å². The van der Waals surface area contributed by atoms with E-state index in [4.69, 9.17) is 9.52 Å². The molecule has 1 aromatic rings. The smallest absolute Gasteiger partial charge is 0.208 e. The lowest BCUT2D eigenvalue weighted by Crippen LogP contribution is -2.15. The summed E-state index contributed by atoms with van der Waals surface area (Å²) < 4.78 is 5.27. The second kappa shape index (κ2) is 5.72. The molecule has 0 amide bonds. The average Bonchev–Trinajstić information content (AvgIpc) is 2.51. The third-order valence-electron chi connectivity index (χ3n) is 1.71. The number of oxazole rings is 1. The number of aliphatic hydroxyl groups is 1. The van der Waals surface area contributed by atoms with E-state index in [0.29, 0.717) is 6.54 Å². The molecule has 13 heavy (non-hydrogen) atoms. The van der Waals surface area contributed by atoms with E-state index in [1.54, 1.807) is 6.20 Å². The van der Waals surface area contributed by atoms with Crippen molar-refractivity contribution in [3.63, 3.8) is 0 Å². The molecule has 2 N–H and O–H groups in total. The zero-order valence-electron chi connectivity index (χ0n) is 7.92. The predicted octanol–water partition coefficient (Wildman–Crippen LogP) is 0.845. The summed E-state index contributed by atoms with van der Waals surface area (Å²) >= 11 is 0. The van der Waals surface area contributed by atoms with Gasteiger partial charge in [-0.3, -0.25) is 0 Å². The Hall–Kier alpha value is -0.870. The van der Waals surface area contributed by atoms with Crippen LogP contribution in [0.2, 0.25) is 0 Å². The highest BCUT2D eigenvalue weighted by Gasteiger charge is 1.98. The molecule has 4 nitrogen and oxygen atoms in total. The van der Waals surface area contributed by atoms with Crippen LogP contribution in [0.1, 0.15) is 24.5 Å². The number of aliphatic hydroxyl groups excluding tert-OH is 1. The maximum atomic E-state index is 8.53. The highest BCUT2D eigenvalue weighted by atomic mass is 16.4. The molecule has 4 heteroatoms. The lowest BCUT2D eigenvalue weighted by Gasteiger charge is -1.99. The summed E-state index contributed by atoms with van der Waals surface area (Å²) in [7, 11) is 0. The molecule has 0 aliphatic heterocycles. The molecule has 1 rings (SSSR count). The molecule has 1 heterocycles. The largest absolute Gasteiger partial charge is 0.445 e. The number of hydrogen-bond donors (Lipinski definition) is 2. The van der Waals surface area contributed by atoms with Gasteiger partial charge in [-0.25, -0.2) is 4.98 Å². The third-order valence-corrected chi connectivity index (χ3v) is 1.71. The van der Waals surface area contributed by atoms with Crippen LogP contribution in [0.5, 0.6) is 0 Å². The van der Waals surface area contributed by atoms with E-state index >= 15 is 0 Å². The second-order valence-corrected chi connectivity index (χ2v) is 2.97. The van der Waals surface area contributed by atoms with E-state index in [-0.39, 0.29) is 6.61 Å². The van der Waals surface area contributed by atoms with Gasteiger partial charge in [-0.05, 0) is 26.3 Å². The number of rotatable bonds is 6. The number of aryl methyl sites for hydroxylation is 1. The Balaban J connectivity index is 2.06. The first-order valence-corrected chi connectivity index (χ1v) is 4.56. The highest BCUT2D eigenvalue weighted by Crippen LogP contribution is 2.00. The summed E-state index contributed by atoms with van der Waals surface area (Å²) in [4.78, 5) is 4.06. The number of unbranched alkanes of at least 4 members (excludes halogenated alkanes) is 1. The zero-order chi connectivity index (χ0) is 9.52. The molecule has 0 unspecified atom stereocenters. The molecule has 0 radical (unpaired) electrons. The zero-order valence-corrected chi connectivity index (χ0v) is 7.92. The second-order valence-electron chi connectivity index (χ2n) is 2.97. The number of nitrogens with zero attached hydrogens (tertiary/aromatic N) is 1. The lowest BCUT2D eigenvalue weighted by atomic mass is 10.3. The van der Waals surface area contributed by atoms with Gasteiger partial charge in [0.05, 0.1) is 12.7 Å². The molecule has 74 valence electrons. The Bertz CT molecular complexity index is 235. The summed E-state index contributed by atoms with van der Waals surface area (Å²) in [5, 5.41) is 11.7. The van der Waals surface area contributed by atoms with Crippen molar-refractivity contribution in [2.75, 3.05) is 13.2 Å². The van der Waals surface area contributed by atoms with Gasteiger partial charge >= 0.3 is 0 Å². The molecule has 0 fully saturated rings. The topological polar surface area (TPSA) is 58.3 Å². The molecule has 0 aromatic carbocycles. The molecule has 0 spiro atoms. The molecule has 0 aliphatic carbocycles. The maximum absolute atomic E-state index is 8.53. The van der Waals surface area contributed by atoms with Crippen molar-refractivity contribution in [3.05, 3.63) is 17.8 Å². The Morgan fingerprint density at radius 1 is 1.54 bits per heavy atom. The average molecular weight is 184 g/mol. The fourth-order valence-electron chi connectivity index (χ4n) is 1.04. The van der Waals surface area contributed by atoms with E-state index in [0.717, 1.165) is 31.0 Å². The van der Waals surface area contributed by atoms with Crippen LogP contribution in [-0.2, 0) is 6.54 Å². The van der Waals surface area contributed by atoms with Gasteiger partial charge in [-0.2, -0.15) is 0 Å². The van der Waals surface area contributed by atoms with Crippen molar-refractivity contribution >= 4 is 0 Å². The summed E-state index contributed by atoms with van der Waals surface area (Å²) in [5.41, 5.74) is 0. The normalized spacial score (nSPS) is 10.6. The van der Waals surface area contributed by atoms with Gasteiger partial charge < -0.3 is 14.8 Å². The van der Waals surface area contributed by atoms with Crippen LogP contribution in [0.15, 0.2) is 10.6 Å². The molecule has 0 aliphatic rings. The standard InChI is InChI=1S/C9H16N2O2/c1-8-6-11-9(13-8)7-10-4-2-3-5-12/h6,10,12H,2-5,7H2,1H3. The first-order valence-electron chi connectivity index (χ1n) is 4.56. The fourth-order valence-corrected chi connectivity index (χ4v) is 1.04. The SMILES string of the molecule is Cc1cnc(CNCCCCO)o1. The van der Waals surface area contributed by atoms with E-state index in [1.165, 1.54) is 0 Å². The van der Waals surface area contributed by atoms with Gasteiger partial charge in [0.15, 0.2) is 0 Å². The van der Waals surface area contributed by atoms with Crippen molar-refractivity contribution in [3.8, 4) is 0 Å². The van der Waals surface area contributed by atoms with Crippen LogP contribution in [-0.4, -0.2) is 23.2 Å². The van der Waals surface area contributed by atoms with Crippen LogP contribution in [0, 0.1) is 6.92 Å². The predicted molar refractivity (Wildman–Crippen MR) is 49.3 cm³/mol. The summed E-state index contributed by atoms with van der Waals surface area (Å²) in [6, 6.07) is 0. The Labute approximate surface area is 78.0 Å². The molecule has 1 aromatic heterocycles. The van der Waals surface area contributed by atoms with E-state index in [2.05, 4.69) is 10.3 Å². The number of hydrogen-bond acceptors (Lipinski definition) is 4. The quantitative estimate of drug-likeness (QED) is 0.643. The summed E-state index contributed by atoms with van der Waals surface area (Å²) in [6.45, 7) is 3.70. The highest BCUT2D eigenvalue weighted by molar-refractivity contribution is 4.90. The van der Waals surface area contributed by atoms with E-state index < -0.39 is 0 Å². The summed E-state index contributed by atoms with van der Waals surface area (Å²) in [5.74, 6) is 1.56. The van der Waals surface area contributed by atoms with E-state index in [9.17, 15) is 0 Å². The Morgan fingerprint density at radius 2 is 2.38 bits per heavy atom. The minimum absolute atomic E-state index is 0.264. The molecular weight excluding hydrogens is 168 g/mol. The Morgan fingerprint density at radius 3 is 3.00 bits per heavy atom. The van der Waals surface area contributed by atoms with Crippen molar-refractivity contribution < 1.29 is 9.52 Å². The van der Waals surface area contributed by atoms with Crippen LogP contribution < -0.4 is 5.32 Å². The van der Waals surface area contributed by atoms with Gasteiger partial charge in [0, 0.05) is 6.61 Å². The fraction of sp³-hybridized carbons (Fsp3) is 0.667. The minimum Gasteiger partial charge on any atom is -0.445 e. The third kappa shape index (κ3) is 4.05. The molecule has 0 saturated heterocycles. The van der Waals surface area contributed by atoms with Crippen molar-refractivity contribution in [2.45, 2.75) is 26.3 Å². The van der Waals surface area contributed by atoms with Crippen molar-refractivity contribution in [1.82, 2.24) is 10.3 Å². The van der Waals surface area contributed by atoms with Gasteiger partial charge in [-0.15, -0.1) is 0 Å². The maximum Gasteiger partial charge on any atom is 0.208 e. The molecular formula is C9H16N2O2.